The molecule has 0 unspecified atom stereocenters. The summed E-state index contributed by atoms with van der Waals surface area (Å²) in [5, 5.41) is 3.75. The minimum Gasteiger partial charge on any atom is -0.501 e. The van der Waals surface area contributed by atoms with Gasteiger partial charge in [0.05, 0.1) is 13.7 Å². The predicted octanol–water partition coefficient (Wildman–Crippen LogP) is 12.6. The first kappa shape index (κ1) is 38.6. The number of furan rings is 1. The first-order valence-electron chi connectivity index (χ1n) is 18.9. The zero-order chi connectivity index (χ0) is 36.3. The quantitative estimate of drug-likeness (QED) is 0.123. The molecule has 1 radical (unpaired) electrons. The van der Waals surface area contributed by atoms with Crippen molar-refractivity contribution in [3.05, 3.63) is 139 Å². The molecule has 0 spiro atoms. The SMILES string of the molecule is CC(C)(C)c1ccnc(-c2[c-]ccc3c2oc2cc(-c4ccccc4)ccc23)c1.C[Si](C)(C)c1cnc(-c2[c-]cccc2)cc1CC1CCCCC1.[Ir]. The fraction of sp³-hybridized carbons (Fsp3) is 0.292. The van der Waals surface area contributed by atoms with Crippen molar-refractivity contribution in [1.29, 1.82) is 0 Å². The van der Waals surface area contributed by atoms with Gasteiger partial charge < -0.3 is 14.4 Å². The van der Waals surface area contributed by atoms with Crippen LogP contribution in [0.1, 0.15) is 64.0 Å². The summed E-state index contributed by atoms with van der Waals surface area (Å²) in [7, 11) is -1.36. The number of pyridine rings is 2. The number of aromatic nitrogens is 2. The third kappa shape index (κ3) is 8.98. The average Bonchev–Trinajstić information content (AvgIpc) is 3.54. The number of benzene rings is 4. The van der Waals surface area contributed by atoms with E-state index in [1.165, 1.54) is 49.7 Å². The molecule has 1 aliphatic rings. The van der Waals surface area contributed by atoms with E-state index in [0.29, 0.717) is 0 Å². The Labute approximate surface area is 330 Å². The van der Waals surface area contributed by atoms with E-state index < -0.39 is 8.07 Å². The van der Waals surface area contributed by atoms with Gasteiger partial charge in [-0.15, -0.1) is 54.1 Å². The van der Waals surface area contributed by atoms with Crippen LogP contribution in [-0.4, -0.2) is 18.0 Å². The standard InChI is InChI=1S/C27H22NO.C21H28NSi.Ir/c1-27(2,3)20-14-15-28-24(17-20)23-11-7-10-22-21-13-12-19(16-25(21)29-26(22)23)18-8-5-4-6-9-18;1-23(2,3)21-16-22-20(18-12-8-5-9-13-18)15-19(21)14-17-10-6-4-7-11-17;/h4-10,12-17H,1-3H3;5,8-9,12,15-17H,4,6-7,10-11,14H2,1-3H3;/q2*-1;. The molecule has 5 heteroatoms. The van der Waals surface area contributed by atoms with E-state index in [1.54, 1.807) is 10.8 Å². The molecule has 3 aromatic heterocycles. The van der Waals surface area contributed by atoms with Crippen LogP contribution in [0.5, 0.6) is 0 Å². The second-order valence-electron chi connectivity index (χ2n) is 16.4. The van der Waals surface area contributed by atoms with Crippen molar-refractivity contribution in [2.45, 2.75) is 84.4 Å². The van der Waals surface area contributed by atoms with Crippen LogP contribution in [0.3, 0.4) is 0 Å². The van der Waals surface area contributed by atoms with E-state index >= 15 is 0 Å². The van der Waals surface area contributed by atoms with Gasteiger partial charge in [-0.3, -0.25) is 0 Å². The molecule has 53 heavy (non-hydrogen) atoms. The number of hydrogen-bond acceptors (Lipinski definition) is 3. The van der Waals surface area contributed by atoms with Gasteiger partial charge in [0.15, 0.2) is 0 Å². The first-order valence-corrected chi connectivity index (χ1v) is 22.4. The minimum absolute atomic E-state index is 0. The first-order chi connectivity index (χ1) is 25.0. The summed E-state index contributed by atoms with van der Waals surface area (Å²) in [5.74, 6) is 0.869. The molecule has 0 aliphatic heterocycles. The van der Waals surface area contributed by atoms with Crippen LogP contribution >= 0.6 is 0 Å². The summed E-state index contributed by atoms with van der Waals surface area (Å²) in [5.41, 5.74) is 10.9. The maximum absolute atomic E-state index is 6.35. The molecule has 0 bridgehead atoms. The summed E-state index contributed by atoms with van der Waals surface area (Å²) < 4.78 is 6.35. The van der Waals surface area contributed by atoms with Crippen molar-refractivity contribution in [2.24, 2.45) is 5.92 Å². The molecule has 1 saturated carbocycles. The molecule has 8 rings (SSSR count). The van der Waals surface area contributed by atoms with Gasteiger partial charge in [0.25, 0.3) is 0 Å². The van der Waals surface area contributed by atoms with Crippen molar-refractivity contribution in [3.8, 4) is 33.6 Å². The normalized spacial score (nSPS) is 13.7. The Bertz CT molecular complexity index is 2280. The van der Waals surface area contributed by atoms with Gasteiger partial charge in [-0.1, -0.05) is 144 Å². The van der Waals surface area contributed by atoms with Gasteiger partial charge in [-0.05, 0) is 63.2 Å². The average molecular weight is 891 g/mol. The Kier molecular flexibility index (Phi) is 12.0. The molecule has 0 saturated heterocycles. The van der Waals surface area contributed by atoms with Crippen molar-refractivity contribution < 1.29 is 24.5 Å². The zero-order valence-electron chi connectivity index (χ0n) is 31.9. The van der Waals surface area contributed by atoms with Crippen LogP contribution in [-0.2, 0) is 31.9 Å². The Balaban J connectivity index is 0.000000183. The molecule has 273 valence electrons. The summed E-state index contributed by atoms with van der Waals surface area (Å²) >= 11 is 0. The summed E-state index contributed by atoms with van der Waals surface area (Å²) in [6, 6.07) is 42.3. The van der Waals surface area contributed by atoms with Gasteiger partial charge >= 0.3 is 0 Å². The van der Waals surface area contributed by atoms with Gasteiger partial charge in [-0.25, -0.2) is 0 Å². The third-order valence-corrected chi connectivity index (χ3v) is 12.5. The van der Waals surface area contributed by atoms with Crippen molar-refractivity contribution in [1.82, 2.24) is 9.97 Å². The van der Waals surface area contributed by atoms with Crippen LogP contribution in [0.15, 0.2) is 120 Å². The Hall–Kier alpha value is -4.15. The molecule has 1 aliphatic carbocycles. The fourth-order valence-electron chi connectivity index (χ4n) is 7.52. The van der Waals surface area contributed by atoms with Crippen LogP contribution in [0.25, 0.3) is 55.6 Å². The Morgan fingerprint density at radius 1 is 0.736 bits per heavy atom. The summed E-state index contributed by atoms with van der Waals surface area (Å²) in [6.45, 7) is 13.9. The molecular formula is C48H50IrN2OSi-2. The summed E-state index contributed by atoms with van der Waals surface area (Å²) in [4.78, 5) is 9.39. The molecule has 1 fully saturated rings. The summed E-state index contributed by atoms with van der Waals surface area (Å²) in [6.07, 6.45) is 12.3. The molecule has 3 nitrogen and oxygen atoms in total. The van der Waals surface area contributed by atoms with E-state index in [0.717, 1.165) is 55.9 Å². The predicted molar refractivity (Wildman–Crippen MR) is 222 cm³/mol. The van der Waals surface area contributed by atoms with E-state index in [4.69, 9.17) is 9.40 Å². The van der Waals surface area contributed by atoms with Crippen LogP contribution in [0, 0.1) is 18.1 Å². The van der Waals surface area contributed by atoms with Crippen molar-refractivity contribution >= 4 is 35.2 Å². The Morgan fingerprint density at radius 3 is 2.23 bits per heavy atom. The second kappa shape index (κ2) is 16.5. The molecule has 0 amide bonds. The number of fused-ring (bicyclic) bond motifs is 3. The smallest absolute Gasteiger partial charge is 0.121 e. The molecule has 3 heterocycles. The monoisotopic (exact) mass is 891 g/mol. The van der Waals surface area contributed by atoms with Crippen LogP contribution in [0.4, 0.5) is 0 Å². The molecule has 7 aromatic rings. The molecule has 0 atom stereocenters. The van der Waals surface area contributed by atoms with Crippen LogP contribution < -0.4 is 5.19 Å². The van der Waals surface area contributed by atoms with Gasteiger partial charge in [0.1, 0.15) is 5.58 Å². The van der Waals surface area contributed by atoms with Gasteiger partial charge in [0.2, 0.25) is 0 Å². The second-order valence-corrected chi connectivity index (χ2v) is 21.5. The molecule has 4 aromatic carbocycles. The number of hydrogen-bond donors (Lipinski definition) is 0. The van der Waals surface area contributed by atoms with Gasteiger partial charge in [0, 0.05) is 37.9 Å². The van der Waals surface area contributed by atoms with E-state index in [1.807, 2.05) is 30.5 Å². The third-order valence-electron chi connectivity index (χ3n) is 10.4. The van der Waals surface area contributed by atoms with E-state index in [2.05, 4.69) is 143 Å². The maximum Gasteiger partial charge on any atom is 0.121 e. The van der Waals surface area contributed by atoms with Crippen molar-refractivity contribution in [2.75, 3.05) is 0 Å². The minimum atomic E-state index is -1.36. The molecular weight excluding hydrogens is 841 g/mol. The number of nitrogens with zero attached hydrogens (tertiary/aromatic N) is 2. The van der Waals surface area contributed by atoms with Crippen molar-refractivity contribution in [3.63, 3.8) is 0 Å². The Morgan fingerprint density at radius 2 is 1.51 bits per heavy atom. The number of rotatable bonds is 6. The fourth-order valence-corrected chi connectivity index (χ4v) is 9.11. The van der Waals surface area contributed by atoms with E-state index in [-0.39, 0.29) is 25.5 Å². The van der Waals surface area contributed by atoms with Gasteiger partial charge in [-0.2, -0.15) is 0 Å². The zero-order valence-corrected chi connectivity index (χ0v) is 35.3. The maximum atomic E-state index is 6.35. The topological polar surface area (TPSA) is 38.9 Å². The van der Waals surface area contributed by atoms with Crippen LogP contribution in [0.2, 0.25) is 19.6 Å². The largest absolute Gasteiger partial charge is 0.501 e. The van der Waals surface area contributed by atoms with E-state index in [9.17, 15) is 0 Å². The molecule has 0 N–H and O–H groups in total.